The summed E-state index contributed by atoms with van der Waals surface area (Å²) in [5, 5.41) is 9.37. The lowest BCUT2D eigenvalue weighted by molar-refractivity contribution is -0.130. The van der Waals surface area contributed by atoms with Gasteiger partial charge >= 0.3 is 5.97 Å². The first-order chi connectivity index (χ1) is 9.47. The van der Waals surface area contributed by atoms with Crippen LogP contribution in [0.4, 0.5) is 5.69 Å². The summed E-state index contributed by atoms with van der Waals surface area (Å²) >= 11 is 6.65. The smallest absolute Gasteiger partial charge is 0.336 e. The van der Waals surface area contributed by atoms with Gasteiger partial charge in [-0.1, -0.05) is 50.1 Å². The van der Waals surface area contributed by atoms with Crippen LogP contribution in [0.5, 0.6) is 0 Å². The van der Waals surface area contributed by atoms with Gasteiger partial charge in [0.05, 0.1) is 5.57 Å². The van der Waals surface area contributed by atoms with Crippen molar-refractivity contribution in [2.75, 3.05) is 5.73 Å². The first-order valence-corrected chi connectivity index (χ1v) is 7.32. The highest BCUT2D eigenvalue weighted by Crippen LogP contribution is 2.25. The number of aliphatic carboxylic acids is 1. The SMILES string of the molecule is Nc1cc(Br)ccc1/C=C(/C(=O)O)c1ccc(Br)cc1. The van der Waals surface area contributed by atoms with Crippen LogP contribution in [0.25, 0.3) is 11.6 Å². The lowest BCUT2D eigenvalue weighted by Gasteiger charge is -2.06. The summed E-state index contributed by atoms with van der Waals surface area (Å²) in [6.07, 6.45) is 1.58. The van der Waals surface area contributed by atoms with Gasteiger partial charge in [0.1, 0.15) is 0 Å². The van der Waals surface area contributed by atoms with Gasteiger partial charge < -0.3 is 10.8 Å². The number of hydrogen-bond donors (Lipinski definition) is 2. The zero-order valence-electron chi connectivity index (χ0n) is 10.3. The number of carboxylic acids is 1. The van der Waals surface area contributed by atoms with Crippen molar-refractivity contribution in [3.05, 3.63) is 62.5 Å². The third-order valence-electron chi connectivity index (χ3n) is 2.73. The summed E-state index contributed by atoms with van der Waals surface area (Å²) in [6, 6.07) is 12.4. The molecule has 3 nitrogen and oxygen atoms in total. The molecular formula is C15H11Br2NO2. The Morgan fingerprint density at radius 2 is 1.65 bits per heavy atom. The molecule has 20 heavy (non-hydrogen) atoms. The predicted octanol–water partition coefficient (Wildman–Crippen LogP) is 4.42. The minimum atomic E-state index is -0.991. The Kier molecular flexibility index (Phi) is 4.62. The Morgan fingerprint density at radius 1 is 1.05 bits per heavy atom. The molecule has 0 bridgehead atoms. The maximum absolute atomic E-state index is 11.4. The summed E-state index contributed by atoms with van der Waals surface area (Å²) in [7, 11) is 0. The Labute approximate surface area is 133 Å². The van der Waals surface area contributed by atoms with Crippen molar-refractivity contribution in [3.63, 3.8) is 0 Å². The minimum absolute atomic E-state index is 0.200. The van der Waals surface area contributed by atoms with Crippen molar-refractivity contribution >= 4 is 55.2 Å². The number of hydrogen-bond acceptors (Lipinski definition) is 2. The monoisotopic (exact) mass is 395 g/mol. The summed E-state index contributed by atoms with van der Waals surface area (Å²) < 4.78 is 1.75. The van der Waals surface area contributed by atoms with Gasteiger partial charge in [-0.05, 0) is 41.5 Å². The van der Waals surface area contributed by atoms with Gasteiger partial charge in [0.15, 0.2) is 0 Å². The number of nitrogen functional groups attached to an aromatic ring is 1. The quantitative estimate of drug-likeness (QED) is 0.458. The molecule has 0 aliphatic heterocycles. The normalized spacial score (nSPS) is 11.4. The van der Waals surface area contributed by atoms with E-state index < -0.39 is 5.97 Å². The summed E-state index contributed by atoms with van der Waals surface area (Å²) in [5.41, 5.74) is 7.92. The van der Waals surface area contributed by atoms with Crippen LogP contribution in [0.3, 0.4) is 0 Å². The average Bonchev–Trinajstić information content (AvgIpc) is 2.39. The lowest BCUT2D eigenvalue weighted by atomic mass is 10.0. The highest BCUT2D eigenvalue weighted by Gasteiger charge is 2.11. The topological polar surface area (TPSA) is 63.3 Å². The highest BCUT2D eigenvalue weighted by molar-refractivity contribution is 9.10. The van der Waals surface area contributed by atoms with E-state index in [1.54, 1.807) is 42.5 Å². The van der Waals surface area contributed by atoms with Crippen LogP contribution in [0.2, 0.25) is 0 Å². The lowest BCUT2D eigenvalue weighted by Crippen LogP contribution is -2.00. The molecule has 0 aromatic heterocycles. The Bertz CT molecular complexity index is 679. The van der Waals surface area contributed by atoms with E-state index in [1.807, 2.05) is 6.07 Å². The second kappa shape index (κ2) is 6.24. The van der Waals surface area contributed by atoms with Crippen molar-refractivity contribution < 1.29 is 9.90 Å². The van der Waals surface area contributed by atoms with E-state index in [9.17, 15) is 9.90 Å². The molecule has 5 heteroatoms. The summed E-state index contributed by atoms with van der Waals surface area (Å²) in [4.78, 5) is 11.4. The van der Waals surface area contributed by atoms with Gasteiger partial charge in [-0.25, -0.2) is 4.79 Å². The molecule has 0 spiro atoms. The fourth-order valence-corrected chi connectivity index (χ4v) is 2.37. The van der Waals surface area contributed by atoms with Crippen molar-refractivity contribution in [1.82, 2.24) is 0 Å². The van der Waals surface area contributed by atoms with Crippen LogP contribution in [-0.2, 0) is 4.79 Å². The minimum Gasteiger partial charge on any atom is -0.478 e. The van der Waals surface area contributed by atoms with Crippen LogP contribution < -0.4 is 5.73 Å². The molecule has 102 valence electrons. The molecule has 2 aromatic rings. The Balaban J connectivity index is 2.50. The number of anilines is 1. The van der Waals surface area contributed by atoms with E-state index in [4.69, 9.17) is 5.73 Å². The van der Waals surface area contributed by atoms with E-state index in [1.165, 1.54) is 0 Å². The van der Waals surface area contributed by atoms with Crippen molar-refractivity contribution in [2.24, 2.45) is 0 Å². The number of nitrogens with two attached hydrogens (primary N) is 1. The second-order valence-electron chi connectivity index (χ2n) is 4.14. The van der Waals surface area contributed by atoms with E-state index in [0.29, 0.717) is 16.8 Å². The van der Waals surface area contributed by atoms with Gasteiger partial charge in [0.2, 0.25) is 0 Å². The zero-order valence-corrected chi connectivity index (χ0v) is 13.5. The van der Waals surface area contributed by atoms with Crippen LogP contribution in [0.1, 0.15) is 11.1 Å². The maximum Gasteiger partial charge on any atom is 0.336 e. The third-order valence-corrected chi connectivity index (χ3v) is 3.76. The van der Waals surface area contributed by atoms with Crippen LogP contribution in [0, 0.1) is 0 Å². The van der Waals surface area contributed by atoms with Crippen molar-refractivity contribution in [2.45, 2.75) is 0 Å². The van der Waals surface area contributed by atoms with E-state index >= 15 is 0 Å². The maximum atomic E-state index is 11.4. The molecule has 0 fully saturated rings. The predicted molar refractivity (Wildman–Crippen MR) is 88.2 cm³/mol. The van der Waals surface area contributed by atoms with E-state index in [0.717, 1.165) is 8.95 Å². The molecule has 0 aliphatic carbocycles. The molecule has 0 atom stereocenters. The van der Waals surface area contributed by atoms with Crippen LogP contribution in [-0.4, -0.2) is 11.1 Å². The standard InChI is InChI=1S/C15H11Br2NO2/c16-11-4-1-9(2-5-11)13(15(19)20)7-10-3-6-12(17)8-14(10)18/h1-8H,18H2,(H,19,20)/b13-7+. The number of benzene rings is 2. The first kappa shape index (κ1) is 14.8. The molecular weight excluding hydrogens is 386 g/mol. The van der Waals surface area contributed by atoms with Crippen molar-refractivity contribution in [3.8, 4) is 0 Å². The molecule has 0 radical (unpaired) electrons. The van der Waals surface area contributed by atoms with Crippen LogP contribution in [0.15, 0.2) is 51.4 Å². The zero-order chi connectivity index (χ0) is 14.7. The molecule has 0 saturated heterocycles. The number of carbonyl (C=O) groups is 1. The molecule has 3 N–H and O–H groups in total. The number of halogens is 2. The van der Waals surface area contributed by atoms with Gasteiger partial charge in [-0.3, -0.25) is 0 Å². The first-order valence-electron chi connectivity index (χ1n) is 5.73. The second-order valence-corrected chi connectivity index (χ2v) is 5.97. The van der Waals surface area contributed by atoms with Crippen molar-refractivity contribution in [1.29, 1.82) is 0 Å². The summed E-state index contributed by atoms with van der Waals surface area (Å²) in [6.45, 7) is 0. The molecule has 0 heterocycles. The largest absolute Gasteiger partial charge is 0.478 e. The molecule has 0 aliphatic rings. The summed E-state index contributed by atoms with van der Waals surface area (Å²) in [5.74, 6) is -0.991. The van der Waals surface area contributed by atoms with Gasteiger partial charge in [-0.2, -0.15) is 0 Å². The Morgan fingerprint density at radius 3 is 2.20 bits per heavy atom. The fraction of sp³-hybridized carbons (Fsp3) is 0. The van der Waals surface area contributed by atoms with Crippen LogP contribution >= 0.6 is 31.9 Å². The molecule has 0 saturated carbocycles. The molecule has 2 rings (SSSR count). The molecule has 0 amide bonds. The van der Waals surface area contributed by atoms with Gasteiger partial charge in [0, 0.05) is 14.6 Å². The average molecular weight is 397 g/mol. The van der Waals surface area contributed by atoms with Gasteiger partial charge in [0.25, 0.3) is 0 Å². The Hall–Kier alpha value is -1.59. The van der Waals surface area contributed by atoms with Gasteiger partial charge in [-0.15, -0.1) is 0 Å². The van der Waals surface area contributed by atoms with E-state index in [-0.39, 0.29) is 5.57 Å². The molecule has 0 unspecified atom stereocenters. The third kappa shape index (κ3) is 3.49. The highest BCUT2D eigenvalue weighted by atomic mass is 79.9. The number of rotatable bonds is 3. The number of carboxylic acid groups (broad SMARTS) is 1. The van der Waals surface area contributed by atoms with E-state index in [2.05, 4.69) is 31.9 Å². The molecule has 2 aromatic carbocycles. The fourth-order valence-electron chi connectivity index (χ4n) is 1.73.